The standard InChI is InChI=1S/C37H37BrN2O5/c1-43-33-13-6-5-12-28(33)22-24-39-36(42)37(23-7-11-27-9-3-2-4-10-27)34(29-14-18-31(38)19-15-29)45-35(40-37)30-16-20-32(21-17-30)44-26-8-25-41/h2-7,9-21,34,41H,8,22-26H2,1H3,(H,39,42)/b11-7+/t34-,37-/m1/s1. The zero-order valence-corrected chi connectivity index (χ0v) is 26.8. The van der Waals surface area contributed by atoms with Crippen LogP contribution in [-0.4, -0.2) is 49.3 Å². The van der Waals surface area contributed by atoms with Crippen molar-refractivity contribution in [2.75, 3.05) is 26.9 Å². The van der Waals surface area contributed by atoms with Gasteiger partial charge < -0.3 is 24.6 Å². The van der Waals surface area contributed by atoms with Crippen molar-refractivity contribution in [3.8, 4) is 11.5 Å². The molecule has 8 heteroatoms. The summed E-state index contributed by atoms with van der Waals surface area (Å²) in [5.74, 6) is 1.63. The van der Waals surface area contributed by atoms with E-state index in [1.54, 1.807) is 7.11 Å². The molecule has 0 fully saturated rings. The number of hydrogen-bond acceptors (Lipinski definition) is 6. The minimum absolute atomic E-state index is 0.0714. The number of aliphatic hydroxyl groups excluding tert-OH is 1. The monoisotopic (exact) mass is 668 g/mol. The number of nitrogens with zero attached hydrogens (tertiary/aromatic N) is 1. The van der Waals surface area contributed by atoms with Crippen molar-refractivity contribution in [3.63, 3.8) is 0 Å². The summed E-state index contributed by atoms with van der Waals surface area (Å²) in [5.41, 5.74) is 2.35. The molecule has 0 saturated heterocycles. The first-order valence-corrected chi connectivity index (χ1v) is 15.8. The van der Waals surface area contributed by atoms with Crippen LogP contribution in [0.1, 0.15) is 41.2 Å². The minimum atomic E-state index is -1.27. The average molecular weight is 670 g/mol. The summed E-state index contributed by atoms with van der Waals surface area (Å²) in [6, 6.07) is 33.0. The van der Waals surface area contributed by atoms with Crippen molar-refractivity contribution in [2.45, 2.75) is 30.9 Å². The first kappa shape index (κ1) is 32.0. The second kappa shape index (κ2) is 15.5. The summed E-state index contributed by atoms with van der Waals surface area (Å²) in [5, 5.41) is 12.2. The van der Waals surface area contributed by atoms with Gasteiger partial charge in [-0.05, 0) is 65.6 Å². The van der Waals surface area contributed by atoms with Gasteiger partial charge in [0.1, 0.15) is 11.5 Å². The van der Waals surface area contributed by atoms with E-state index in [0.29, 0.717) is 44.1 Å². The number of aliphatic hydroxyl groups is 1. The van der Waals surface area contributed by atoms with Crippen LogP contribution in [0.25, 0.3) is 6.08 Å². The SMILES string of the molecule is COc1ccccc1CCNC(=O)[C@]1(C/C=C/c2ccccc2)N=C(c2ccc(OCCCO)cc2)O[C@@H]1c1ccc(Br)cc1. The Morgan fingerprint density at radius 2 is 1.73 bits per heavy atom. The predicted octanol–water partition coefficient (Wildman–Crippen LogP) is 6.94. The summed E-state index contributed by atoms with van der Waals surface area (Å²) in [4.78, 5) is 19.5. The molecule has 1 aliphatic rings. The molecular weight excluding hydrogens is 632 g/mol. The van der Waals surface area contributed by atoms with E-state index in [4.69, 9.17) is 24.3 Å². The van der Waals surface area contributed by atoms with E-state index in [0.717, 1.165) is 32.5 Å². The fourth-order valence-corrected chi connectivity index (χ4v) is 5.53. The Morgan fingerprint density at radius 3 is 2.47 bits per heavy atom. The molecule has 4 aromatic carbocycles. The lowest BCUT2D eigenvalue weighted by atomic mass is 9.84. The molecule has 232 valence electrons. The number of ether oxygens (including phenoxy) is 3. The lowest BCUT2D eigenvalue weighted by molar-refractivity contribution is -0.128. The van der Waals surface area contributed by atoms with Gasteiger partial charge in [-0.3, -0.25) is 4.79 Å². The van der Waals surface area contributed by atoms with Crippen molar-refractivity contribution >= 4 is 33.8 Å². The zero-order chi connectivity index (χ0) is 31.5. The maximum Gasteiger partial charge on any atom is 0.252 e. The van der Waals surface area contributed by atoms with Gasteiger partial charge in [0.25, 0.3) is 5.91 Å². The number of amides is 1. The topological polar surface area (TPSA) is 89.4 Å². The third-order valence-corrected chi connectivity index (χ3v) is 8.14. The second-order valence-electron chi connectivity index (χ2n) is 10.7. The summed E-state index contributed by atoms with van der Waals surface area (Å²) >= 11 is 3.53. The van der Waals surface area contributed by atoms with E-state index in [1.807, 2.05) is 115 Å². The Bertz CT molecular complexity index is 1610. The normalized spacial score (nSPS) is 17.5. The molecule has 1 amide bonds. The number of para-hydroxylation sites is 1. The molecule has 1 aliphatic heterocycles. The van der Waals surface area contributed by atoms with Crippen LogP contribution >= 0.6 is 15.9 Å². The highest BCUT2D eigenvalue weighted by Crippen LogP contribution is 2.43. The maximum absolute atomic E-state index is 14.4. The van der Waals surface area contributed by atoms with Gasteiger partial charge in [0.2, 0.25) is 5.90 Å². The molecule has 7 nitrogen and oxygen atoms in total. The Hall–Kier alpha value is -4.40. The smallest absolute Gasteiger partial charge is 0.252 e. The van der Waals surface area contributed by atoms with Gasteiger partial charge in [-0.25, -0.2) is 4.99 Å². The molecule has 0 aliphatic carbocycles. The highest BCUT2D eigenvalue weighted by Gasteiger charge is 2.52. The summed E-state index contributed by atoms with van der Waals surface area (Å²) < 4.78 is 18.8. The third-order valence-electron chi connectivity index (χ3n) is 7.61. The molecule has 0 saturated carbocycles. The molecule has 0 bridgehead atoms. The lowest BCUT2D eigenvalue weighted by Gasteiger charge is -2.30. The molecule has 0 unspecified atom stereocenters. The number of halogens is 1. The van der Waals surface area contributed by atoms with Crippen LogP contribution < -0.4 is 14.8 Å². The molecule has 0 spiro atoms. The van der Waals surface area contributed by atoms with Gasteiger partial charge >= 0.3 is 0 Å². The molecule has 2 N–H and O–H groups in total. The van der Waals surface area contributed by atoms with Crippen LogP contribution in [0.2, 0.25) is 0 Å². The first-order valence-electron chi connectivity index (χ1n) is 15.0. The molecule has 0 aromatic heterocycles. The van der Waals surface area contributed by atoms with Gasteiger partial charge in [0, 0.05) is 36.0 Å². The molecule has 45 heavy (non-hydrogen) atoms. The number of carbonyl (C=O) groups excluding carboxylic acids is 1. The molecule has 5 rings (SSSR count). The molecule has 2 atom stereocenters. The summed E-state index contributed by atoms with van der Waals surface area (Å²) in [6.07, 6.45) is 4.80. The van der Waals surface area contributed by atoms with Crippen LogP contribution in [0.15, 0.2) is 119 Å². The number of methoxy groups -OCH3 is 1. The highest BCUT2D eigenvalue weighted by atomic mass is 79.9. The van der Waals surface area contributed by atoms with Crippen molar-refractivity contribution in [3.05, 3.63) is 136 Å². The Balaban J connectivity index is 1.49. The van der Waals surface area contributed by atoms with Crippen molar-refractivity contribution < 1.29 is 24.1 Å². The van der Waals surface area contributed by atoms with E-state index in [2.05, 4.69) is 21.2 Å². The third kappa shape index (κ3) is 8.01. The van der Waals surface area contributed by atoms with Crippen molar-refractivity contribution in [1.29, 1.82) is 0 Å². The maximum atomic E-state index is 14.4. The van der Waals surface area contributed by atoms with Crippen LogP contribution in [0, 0.1) is 0 Å². The highest BCUT2D eigenvalue weighted by molar-refractivity contribution is 9.10. The van der Waals surface area contributed by atoms with Crippen LogP contribution in [0.4, 0.5) is 0 Å². The number of hydrogen-bond donors (Lipinski definition) is 2. The van der Waals surface area contributed by atoms with Crippen LogP contribution in [0.5, 0.6) is 11.5 Å². The van der Waals surface area contributed by atoms with E-state index in [-0.39, 0.29) is 12.5 Å². The fourth-order valence-electron chi connectivity index (χ4n) is 5.26. The summed E-state index contributed by atoms with van der Waals surface area (Å²) in [7, 11) is 1.65. The number of carbonyl (C=O) groups is 1. The van der Waals surface area contributed by atoms with Crippen LogP contribution in [-0.2, 0) is 16.0 Å². The predicted molar refractivity (Wildman–Crippen MR) is 181 cm³/mol. The van der Waals surface area contributed by atoms with E-state index in [1.165, 1.54) is 0 Å². The second-order valence-corrected chi connectivity index (χ2v) is 11.6. The van der Waals surface area contributed by atoms with Crippen molar-refractivity contribution in [1.82, 2.24) is 5.32 Å². The average Bonchev–Trinajstić information content (AvgIpc) is 3.47. The van der Waals surface area contributed by atoms with Gasteiger partial charge in [0.05, 0.1) is 13.7 Å². The fraction of sp³-hybridized carbons (Fsp3) is 0.243. The Labute approximate surface area is 272 Å². The largest absolute Gasteiger partial charge is 0.496 e. The lowest BCUT2D eigenvalue weighted by Crippen LogP contribution is -2.48. The van der Waals surface area contributed by atoms with E-state index < -0.39 is 11.6 Å². The van der Waals surface area contributed by atoms with Crippen molar-refractivity contribution in [2.24, 2.45) is 4.99 Å². The zero-order valence-electron chi connectivity index (χ0n) is 25.2. The van der Waals surface area contributed by atoms with E-state index >= 15 is 0 Å². The van der Waals surface area contributed by atoms with Gasteiger partial charge in [0.15, 0.2) is 11.6 Å². The van der Waals surface area contributed by atoms with Gasteiger partial charge in [-0.2, -0.15) is 0 Å². The molecular formula is C37H37BrN2O5. The van der Waals surface area contributed by atoms with Crippen LogP contribution in [0.3, 0.4) is 0 Å². The first-order chi connectivity index (χ1) is 22.0. The Morgan fingerprint density at radius 1 is 1.00 bits per heavy atom. The number of benzene rings is 4. The van der Waals surface area contributed by atoms with Gasteiger partial charge in [-0.15, -0.1) is 0 Å². The Kier molecular flexibility index (Phi) is 11.1. The number of aliphatic imine (C=N–C) groups is 1. The molecule has 4 aromatic rings. The minimum Gasteiger partial charge on any atom is -0.496 e. The molecule has 1 heterocycles. The van der Waals surface area contributed by atoms with Gasteiger partial charge in [-0.1, -0.05) is 88.7 Å². The number of nitrogens with one attached hydrogen (secondary N) is 1. The summed E-state index contributed by atoms with van der Waals surface area (Å²) in [6.45, 7) is 0.897. The number of rotatable bonds is 14. The van der Waals surface area contributed by atoms with E-state index in [9.17, 15) is 4.79 Å². The molecule has 0 radical (unpaired) electrons. The quantitative estimate of drug-likeness (QED) is 0.142.